The van der Waals surface area contributed by atoms with Crippen molar-refractivity contribution >= 4 is 25.8 Å². The van der Waals surface area contributed by atoms with Crippen LogP contribution >= 0.6 is 11.6 Å². The van der Waals surface area contributed by atoms with Crippen molar-refractivity contribution in [3.63, 3.8) is 0 Å². The molecule has 0 spiro atoms. The molecule has 13 heavy (non-hydrogen) atoms. The lowest BCUT2D eigenvalue weighted by atomic mass is 10.2. The van der Waals surface area contributed by atoms with Gasteiger partial charge in [0.15, 0.2) is 0 Å². The third kappa shape index (κ3) is 3.79. The summed E-state index contributed by atoms with van der Waals surface area (Å²) < 4.78 is 0. The molecule has 0 saturated carbocycles. The number of hydrogen-bond donors (Lipinski definition) is 0. The zero-order valence-electron chi connectivity index (χ0n) is 8.34. The molecule has 0 nitrogen and oxygen atoms in total. The maximum Gasteiger partial charge on any atom is 0.0687 e. The lowest BCUT2D eigenvalue weighted by molar-refractivity contribution is 1.65. The van der Waals surface area contributed by atoms with Crippen LogP contribution in [0.5, 0.6) is 0 Å². The highest BCUT2D eigenvalue weighted by Gasteiger charge is 2.06. The van der Waals surface area contributed by atoms with Gasteiger partial charge in [-0.3, -0.25) is 0 Å². The molecular formula is C11H15ClSi. The summed E-state index contributed by atoms with van der Waals surface area (Å²) in [5, 5.41) is 0.831. The Labute approximate surface area is 86.3 Å². The summed E-state index contributed by atoms with van der Waals surface area (Å²) in [6, 6.07) is 7.92. The highest BCUT2D eigenvalue weighted by Crippen LogP contribution is 2.17. The molecule has 1 rings (SSSR count). The van der Waals surface area contributed by atoms with Crippen LogP contribution in [0.25, 0.3) is 6.08 Å². The van der Waals surface area contributed by atoms with E-state index in [0.717, 1.165) is 10.6 Å². The molecule has 0 aliphatic rings. The fourth-order valence-corrected chi connectivity index (χ4v) is 1.83. The van der Waals surface area contributed by atoms with Gasteiger partial charge >= 0.3 is 0 Å². The summed E-state index contributed by atoms with van der Waals surface area (Å²) >= 11 is 6.02. The first kappa shape index (κ1) is 10.5. The number of hydrogen-bond acceptors (Lipinski definition) is 0. The molecule has 70 valence electrons. The molecule has 0 heterocycles. The highest BCUT2D eigenvalue weighted by molar-refractivity contribution is 6.81. The van der Waals surface area contributed by atoms with E-state index in [1.165, 1.54) is 0 Å². The normalized spacial score (nSPS) is 12.3. The molecule has 0 aliphatic carbocycles. The van der Waals surface area contributed by atoms with Gasteiger partial charge in [0, 0.05) is 5.02 Å². The maximum atomic E-state index is 6.02. The van der Waals surface area contributed by atoms with Crippen LogP contribution < -0.4 is 0 Å². The molecular weight excluding hydrogens is 196 g/mol. The van der Waals surface area contributed by atoms with E-state index < -0.39 is 8.07 Å². The Hall–Kier alpha value is -0.533. The van der Waals surface area contributed by atoms with Crippen LogP contribution in [0.15, 0.2) is 30.0 Å². The molecule has 0 aromatic heterocycles. The Balaban J connectivity index is 2.86. The first-order valence-electron chi connectivity index (χ1n) is 4.43. The fraction of sp³-hybridized carbons (Fsp3) is 0.273. The molecule has 0 fully saturated rings. The van der Waals surface area contributed by atoms with Crippen LogP contribution in [0.4, 0.5) is 0 Å². The second kappa shape index (κ2) is 4.12. The van der Waals surface area contributed by atoms with E-state index in [0.29, 0.717) is 0 Å². The van der Waals surface area contributed by atoms with Crippen molar-refractivity contribution in [2.24, 2.45) is 0 Å². The van der Waals surface area contributed by atoms with E-state index in [1.807, 2.05) is 24.3 Å². The molecule has 0 unspecified atom stereocenters. The van der Waals surface area contributed by atoms with E-state index in [1.54, 1.807) is 0 Å². The van der Waals surface area contributed by atoms with Gasteiger partial charge in [-0.15, -0.1) is 0 Å². The van der Waals surface area contributed by atoms with E-state index in [2.05, 4.69) is 31.4 Å². The molecule has 0 bridgehead atoms. The van der Waals surface area contributed by atoms with Crippen LogP contribution in [-0.2, 0) is 0 Å². The third-order valence-corrected chi connectivity index (χ3v) is 3.18. The Morgan fingerprint density at radius 3 is 2.31 bits per heavy atom. The second-order valence-corrected chi connectivity index (χ2v) is 9.69. The predicted molar refractivity (Wildman–Crippen MR) is 63.8 cm³/mol. The first-order chi connectivity index (χ1) is 5.99. The van der Waals surface area contributed by atoms with Crippen molar-refractivity contribution < 1.29 is 0 Å². The SMILES string of the molecule is C[Si](C)(C)/C=C/c1ccccc1Cl. The molecule has 0 aliphatic heterocycles. The molecule has 0 saturated heterocycles. The van der Waals surface area contributed by atoms with E-state index in [-0.39, 0.29) is 0 Å². The van der Waals surface area contributed by atoms with E-state index >= 15 is 0 Å². The lowest BCUT2D eigenvalue weighted by Gasteiger charge is -2.08. The van der Waals surface area contributed by atoms with Crippen molar-refractivity contribution in [2.45, 2.75) is 19.6 Å². The third-order valence-electron chi connectivity index (χ3n) is 1.67. The van der Waals surface area contributed by atoms with Gasteiger partial charge in [-0.05, 0) is 11.6 Å². The summed E-state index contributed by atoms with van der Waals surface area (Å²) in [5.74, 6) is 0. The smallest absolute Gasteiger partial charge is 0.0687 e. The standard InChI is InChI=1S/C11H15ClSi/c1-13(2,3)9-8-10-6-4-5-7-11(10)12/h4-9H,1-3H3/b9-8+. The topological polar surface area (TPSA) is 0 Å². The summed E-state index contributed by atoms with van der Waals surface area (Å²) in [4.78, 5) is 0. The molecule has 0 amide bonds. The second-order valence-electron chi connectivity index (χ2n) is 4.22. The van der Waals surface area contributed by atoms with Crippen molar-refractivity contribution in [1.29, 1.82) is 0 Å². The zero-order valence-corrected chi connectivity index (χ0v) is 10.1. The molecule has 0 radical (unpaired) electrons. The maximum absolute atomic E-state index is 6.02. The van der Waals surface area contributed by atoms with Crippen molar-refractivity contribution in [3.05, 3.63) is 40.6 Å². The van der Waals surface area contributed by atoms with Crippen molar-refractivity contribution in [1.82, 2.24) is 0 Å². The van der Waals surface area contributed by atoms with Gasteiger partial charge in [-0.2, -0.15) is 0 Å². The van der Waals surface area contributed by atoms with Crippen LogP contribution in [0, 0.1) is 0 Å². The fourth-order valence-electron chi connectivity index (χ4n) is 0.950. The van der Waals surface area contributed by atoms with Crippen LogP contribution in [0.3, 0.4) is 0 Å². The number of rotatable bonds is 2. The van der Waals surface area contributed by atoms with Crippen molar-refractivity contribution in [3.8, 4) is 0 Å². The Kier molecular flexibility index (Phi) is 3.34. The average Bonchev–Trinajstić information content (AvgIpc) is 2.01. The average molecular weight is 211 g/mol. The van der Waals surface area contributed by atoms with Gasteiger partial charge in [0.1, 0.15) is 0 Å². The predicted octanol–water partition coefficient (Wildman–Crippen LogP) is 4.23. The molecule has 1 aromatic rings. The quantitative estimate of drug-likeness (QED) is 0.641. The van der Waals surface area contributed by atoms with Crippen LogP contribution in [0.2, 0.25) is 24.7 Å². The molecule has 1 aromatic carbocycles. The lowest BCUT2D eigenvalue weighted by Crippen LogP contribution is -2.15. The Morgan fingerprint density at radius 2 is 1.77 bits per heavy atom. The van der Waals surface area contributed by atoms with Gasteiger partial charge in [0.2, 0.25) is 0 Å². The highest BCUT2D eigenvalue weighted by atomic mass is 35.5. The van der Waals surface area contributed by atoms with Gasteiger partial charge in [-0.25, -0.2) is 0 Å². The van der Waals surface area contributed by atoms with Crippen LogP contribution in [0.1, 0.15) is 5.56 Å². The molecule has 2 heteroatoms. The van der Waals surface area contributed by atoms with Crippen molar-refractivity contribution in [2.75, 3.05) is 0 Å². The van der Waals surface area contributed by atoms with E-state index in [4.69, 9.17) is 11.6 Å². The largest absolute Gasteiger partial charge is 0.0944 e. The van der Waals surface area contributed by atoms with Gasteiger partial charge in [0.25, 0.3) is 0 Å². The monoisotopic (exact) mass is 210 g/mol. The minimum Gasteiger partial charge on any atom is -0.0944 e. The van der Waals surface area contributed by atoms with Gasteiger partial charge < -0.3 is 0 Å². The first-order valence-corrected chi connectivity index (χ1v) is 8.38. The molecule has 0 atom stereocenters. The summed E-state index contributed by atoms with van der Waals surface area (Å²) in [5.41, 5.74) is 3.42. The Bertz CT molecular complexity index is 310. The number of halogens is 1. The Morgan fingerprint density at radius 1 is 1.15 bits per heavy atom. The molecule has 0 N–H and O–H groups in total. The van der Waals surface area contributed by atoms with E-state index in [9.17, 15) is 0 Å². The summed E-state index contributed by atoms with van der Waals surface area (Å²) in [6.07, 6.45) is 2.13. The number of benzene rings is 1. The summed E-state index contributed by atoms with van der Waals surface area (Å²) in [7, 11) is -1.10. The minimum absolute atomic E-state index is 0.831. The van der Waals surface area contributed by atoms with Gasteiger partial charge in [0.05, 0.1) is 8.07 Å². The van der Waals surface area contributed by atoms with Gasteiger partial charge in [-0.1, -0.05) is 61.2 Å². The minimum atomic E-state index is -1.10. The van der Waals surface area contributed by atoms with Crippen LogP contribution in [-0.4, -0.2) is 8.07 Å². The zero-order chi connectivity index (χ0) is 9.90. The summed E-state index contributed by atoms with van der Waals surface area (Å²) in [6.45, 7) is 6.92.